The van der Waals surface area contributed by atoms with E-state index in [2.05, 4.69) is 28.2 Å². The van der Waals surface area contributed by atoms with Gasteiger partial charge in [-0.2, -0.15) is 0 Å². The molecule has 4 unspecified atom stereocenters. The van der Waals surface area contributed by atoms with E-state index < -0.39 is 0 Å². The summed E-state index contributed by atoms with van der Waals surface area (Å²) >= 11 is 9.35. The number of rotatable bonds is 5. The van der Waals surface area contributed by atoms with Crippen LogP contribution in [0.15, 0.2) is 16.6 Å². The van der Waals surface area contributed by atoms with Crippen molar-refractivity contribution in [3.05, 3.63) is 33.0 Å². The highest BCUT2D eigenvalue weighted by atomic mass is 79.9. The number of halogens is 3. The highest BCUT2D eigenvalue weighted by Crippen LogP contribution is 2.51. The van der Waals surface area contributed by atoms with E-state index in [1.165, 1.54) is 25.7 Å². The Labute approximate surface area is 139 Å². The summed E-state index contributed by atoms with van der Waals surface area (Å²) in [4.78, 5) is 0. The van der Waals surface area contributed by atoms with Crippen molar-refractivity contribution in [2.45, 2.75) is 45.1 Å². The van der Waals surface area contributed by atoms with Crippen molar-refractivity contribution in [3.8, 4) is 0 Å². The maximum absolute atomic E-state index is 14.5. The maximum atomic E-state index is 14.5. The quantitative estimate of drug-likeness (QED) is 0.650. The lowest BCUT2D eigenvalue weighted by atomic mass is 9.82. The summed E-state index contributed by atoms with van der Waals surface area (Å²) < 4.78 is 15.1. The molecular formula is C17H22BrClFN. The van der Waals surface area contributed by atoms with Crippen molar-refractivity contribution in [1.29, 1.82) is 0 Å². The van der Waals surface area contributed by atoms with Gasteiger partial charge in [0.1, 0.15) is 5.82 Å². The van der Waals surface area contributed by atoms with Gasteiger partial charge >= 0.3 is 0 Å². The number of hydrogen-bond donors (Lipinski definition) is 1. The summed E-state index contributed by atoms with van der Waals surface area (Å²) in [5.74, 6) is 2.26. The van der Waals surface area contributed by atoms with E-state index in [9.17, 15) is 4.39 Å². The van der Waals surface area contributed by atoms with Crippen molar-refractivity contribution in [2.75, 3.05) is 6.54 Å². The standard InChI is InChI=1S/C17H22BrClFN/c1-2-21-15(9-12-8-10-3-4-11(12)7-10)13-5-6-14(18)16(19)17(13)20/h5-6,10-12,15,21H,2-4,7-9H2,1H3. The minimum Gasteiger partial charge on any atom is -0.310 e. The van der Waals surface area contributed by atoms with E-state index in [0.717, 1.165) is 30.7 Å². The average molecular weight is 375 g/mol. The molecule has 0 radical (unpaired) electrons. The summed E-state index contributed by atoms with van der Waals surface area (Å²) in [7, 11) is 0. The van der Waals surface area contributed by atoms with Gasteiger partial charge in [-0.25, -0.2) is 4.39 Å². The predicted molar refractivity (Wildman–Crippen MR) is 89.1 cm³/mol. The predicted octanol–water partition coefficient (Wildman–Crippen LogP) is 5.72. The van der Waals surface area contributed by atoms with E-state index in [-0.39, 0.29) is 16.9 Å². The van der Waals surface area contributed by atoms with Crippen LogP contribution >= 0.6 is 27.5 Å². The van der Waals surface area contributed by atoms with E-state index in [1.54, 1.807) is 0 Å². The van der Waals surface area contributed by atoms with Gasteiger partial charge in [0.05, 0.1) is 5.02 Å². The number of benzene rings is 1. The molecule has 116 valence electrons. The monoisotopic (exact) mass is 373 g/mol. The fourth-order valence-corrected chi connectivity index (χ4v) is 4.82. The Balaban J connectivity index is 1.79. The van der Waals surface area contributed by atoms with Gasteiger partial charge in [-0.1, -0.05) is 31.0 Å². The molecule has 0 spiro atoms. The first kappa shape index (κ1) is 15.8. The van der Waals surface area contributed by atoms with Gasteiger partial charge in [0, 0.05) is 16.1 Å². The minimum atomic E-state index is -0.278. The Hall–Kier alpha value is -0.120. The Morgan fingerprint density at radius 3 is 2.81 bits per heavy atom. The molecule has 1 N–H and O–H groups in total. The van der Waals surface area contributed by atoms with Crippen LogP contribution in [0.25, 0.3) is 0 Å². The molecule has 2 saturated carbocycles. The molecule has 0 saturated heterocycles. The highest BCUT2D eigenvalue weighted by molar-refractivity contribution is 9.10. The van der Waals surface area contributed by atoms with Crippen molar-refractivity contribution in [3.63, 3.8) is 0 Å². The first-order valence-electron chi connectivity index (χ1n) is 7.96. The van der Waals surface area contributed by atoms with Gasteiger partial charge in [0.2, 0.25) is 0 Å². The summed E-state index contributed by atoms with van der Waals surface area (Å²) in [6.07, 6.45) is 6.54. The smallest absolute Gasteiger partial charge is 0.147 e. The molecule has 4 atom stereocenters. The van der Waals surface area contributed by atoms with Crippen LogP contribution in [0.2, 0.25) is 5.02 Å². The number of fused-ring (bicyclic) bond motifs is 2. The van der Waals surface area contributed by atoms with Crippen molar-refractivity contribution >= 4 is 27.5 Å². The maximum Gasteiger partial charge on any atom is 0.147 e. The van der Waals surface area contributed by atoms with Crippen LogP contribution in [0.1, 0.15) is 50.6 Å². The molecule has 1 nitrogen and oxygen atoms in total. The van der Waals surface area contributed by atoms with Crippen molar-refractivity contribution < 1.29 is 4.39 Å². The van der Waals surface area contributed by atoms with Gasteiger partial charge in [-0.3, -0.25) is 0 Å². The molecule has 0 heterocycles. The largest absolute Gasteiger partial charge is 0.310 e. The zero-order valence-corrected chi connectivity index (χ0v) is 14.7. The molecule has 2 aliphatic carbocycles. The molecule has 0 amide bonds. The van der Waals surface area contributed by atoms with Gasteiger partial charge in [0.15, 0.2) is 0 Å². The lowest BCUT2D eigenvalue weighted by molar-refractivity contribution is 0.278. The Bertz CT molecular complexity index is 522. The number of hydrogen-bond acceptors (Lipinski definition) is 1. The third kappa shape index (κ3) is 3.16. The van der Waals surface area contributed by atoms with Gasteiger partial charge in [0.25, 0.3) is 0 Å². The minimum absolute atomic E-state index is 0.0740. The van der Waals surface area contributed by atoms with Crippen LogP contribution < -0.4 is 5.32 Å². The molecule has 21 heavy (non-hydrogen) atoms. The molecule has 2 bridgehead atoms. The number of nitrogens with one attached hydrogen (secondary N) is 1. The molecule has 1 aromatic carbocycles. The third-order valence-corrected chi connectivity index (χ3v) is 6.57. The first-order valence-corrected chi connectivity index (χ1v) is 9.14. The second-order valence-corrected chi connectivity index (χ2v) is 7.78. The normalized spacial score (nSPS) is 29.0. The van der Waals surface area contributed by atoms with Crippen LogP contribution in [0, 0.1) is 23.6 Å². The fourth-order valence-electron chi connectivity index (χ4n) is 4.34. The zero-order valence-electron chi connectivity index (χ0n) is 12.3. The topological polar surface area (TPSA) is 12.0 Å². The fraction of sp³-hybridized carbons (Fsp3) is 0.647. The summed E-state index contributed by atoms with van der Waals surface area (Å²) in [5, 5.41) is 3.66. The van der Waals surface area contributed by atoms with Gasteiger partial charge in [-0.15, -0.1) is 0 Å². The highest BCUT2D eigenvalue weighted by Gasteiger charge is 2.40. The lowest BCUT2D eigenvalue weighted by Crippen LogP contribution is -2.26. The molecular weight excluding hydrogens is 353 g/mol. The van der Waals surface area contributed by atoms with E-state index in [0.29, 0.717) is 10.0 Å². The Morgan fingerprint density at radius 1 is 1.38 bits per heavy atom. The van der Waals surface area contributed by atoms with Crippen molar-refractivity contribution in [2.24, 2.45) is 17.8 Å². The summed E-state index contributed by atoms with van der Waals surface area (Å²) in [6.45, 7) is 2.92. The molecule has 2 aliphatic rings. The Kier molecular flexibility index (Phi) is 4.92. The zero-order chi connectivity index (χ0) is 15.0. The van der Waals surface area contributed by atoms with Crippen LogP contribution in [0.4, 0.5) is 4.39 Å². The van der Waals surface area contributed by atoms with Crippen molar-refractivity contribution in [1.82, 2.24) is 5.32 Å². The second kappa shape index (κ2) is 6.55. The molecule has 0 aliphatic heterocycles. The summed E-state index contributed by atoms with van der Waals surface area (Å²) in [6, 6.07) is 3.79. The van der Waals surface area contributed by atoms with Crippen LogP contribution in [-0.4, -0.2) is 6.54 Å². The Morgan fingerprint density at radius 2 is 2.19 bits per heavy atom. The molecule has 0 aromatic heterocycles. The van der Waals surface area contributed by atoms with Gasteiger partial charge in [-0.05, 0) is 72.0 Å². The third-order valence-electron chi connectivity index (χ3n) is 5.31. The average Bonchev–Trinajstić information content (AvgIpc) is 3.07. The van der Waals surface area contributed by atoms with E-state index in [1.807, 2.05) is 12.1 Å². The lowest BCUT2D eigenvalue weighted by Gasteiger charge is -2.28. The molecule has 2 fully saturated rings. The SMILES string of the molecule is CCNC(CC1CC2CCC1C2)c1ccc(Br)c(Cl)c1F. The van der Waals surface area contributed by atoms with Gasteiger partial charge < -0.3 is 5.32 Å². The van der Waals surface area contributed by atoms with Crippen LogP contribution in [0.3, 0.4) is 0 Å². The molecule has 3 rings (SSSR count). The van der Waals surface area contributed by atoms with E-state index in [4.69, 9.17) is 11.6 Å². The van der Waals surface area contributed by atoms with E-state index >= 15 is 0 Å². The summed E-state index contributed by atoms with van der Waals surface area (Å²) in [5.41, 5.74) is 0.716. The van der Waals surface area contributed by atoms with Crippen LogP contribution in [0.5, 0.6) is 0 Å². The molecule has 4 heteroatoms. The molecule has 1 aromatic rings. The second-order valence-electron chi connectivity index (χ2n) is 6.55. The first-order chi connectivity index (χ1) is 10.1. The van der Waals surface area contributed by atoms with Crippen LogP contribution in [-0.2, 0) is 0 Å².